The largest absolute Gasteiger partial charge is 0.418 e. The molecule has 0 saturated carbocycles. The molecule has 162 valence electrons. The van der Waals surface area contributed by atoms with Gasteiger partial charge in [-0.3, -0.25) is 0 Å². The van der Waals surface area contributed by atoms with Gasteiger partial charge in [-0.1, -0.05) is 6.07 Å². The number of nitrogens with one attached hydrogen (secondary N) is 1. The Morgan fingerprint density at radius 1 is 1.23 bits per heavy atom. The Labute approximate surface area is 178 Å². The summed E-state index contributed by atoms with van der Waals surface area (Å²) in [5.41, 5.74) is 0.425. The van der Waals surface area contributed by atoms with Crippen LogP contribution in [-0.4, -0.2) is 46.1 Å². The number of anilines is 1. The number of fused-ring (bicyclic) bond motifs is 1. The summed E-state index contributed by atoms with van der Waals surface area (Å²) in [5, 5.41) is 12.8. The van der Waals surface area contributed by atoms with E-state index in [4.69, 9.17) is 0 Å². The van der Waals surface area contributed by atoms with Gasteiger partial charge in [-0.15, -0.1) is 0 Å². The maximum absolute atomic E-state index is 13.9. The average molecular weight is 428 g/mol. The Kier molecular flexibility index (Phi) is 5.58. The molecular formula is C22H23F3N6. The summed E-state index contributed by atoms with van der Waals surface area (Å²) in [6.07, 6.45) is -0.880. The summed E-state index contributed by atoms with van der Waals surface area (Å²) >= 11 is 0. The molecule has 1 saturated heterocycles. The van der Waals surface area contributed by atoms with Crippen LogP contribution in [-0.2, 0) is 13.2 Å². The third-order valence-corrected chi connectivity index (χ3v) is 5.78. The SMILES string of the molecule is CN1CCC(CCNc2ccc(-c3nc(C#N)nc4c3ccn4C)cc2C(F)(F)F)C1. The van der Waals surface area contributed by atoms with E-state index >= 15 is 0 Å². The first-order chi connectivity index (χ1) is 14.8. The van der Waals surface area contributed by atoms with Gasteiger partial charge in [0.05, 0.1) is 11.3 Å². The topological polar surface area (TPSA) is 69.8 Å². The predicted molar refractivity (Wildman–Crippen MR) is 112 cm³/mol. The Balaban J connectivity index is 1.66. The van der Waals surface area contributed by atoms with E-state index in [1.54, 1.807) is 29.9 Å². The Hall–Kier alpha value is -3.12. The number of rotatable bonds is 5. The summed E-state index contributed by atoms with van der Waals surface area (Å²) in [5.74, 6) is 0.421. The highest BCUT2D eigenvalue weighted by Gasteiger charge is 2.34. The van der Waals surface area contributed by atoms with Crippen LogP contribution in [0.15, 0.2) is 30.5 Å². The first-order valence-corrected chi connectivity index (χ1v) is 10.1. The third kappa shape index (κ3) is 4.35. The molecule has 0 radical (unpaired) electrons. The molecule has 31 heavy (non-hydrogen) atoms. The minimum atomic E-state index is -4.52. The van der Waals surface area contributed by atoms with Crippen molar-refractivity contribution in [1.29, 1.82) is 5.26 Å². The molecule has 1 N–H and O–H groups in total. The fourth-order valence-electron chi connectivity index (χ4n) is 4.16. The van der Waals surface area contributed by atoms with Crippen molar-refractivity contribution in [2.24, 2.45) is 13.0 Å². The number of nitriles is 1. The van der Waals surface area contributed by atoms with Crippen LogP contribution in [0.4, 0.5) is 18.9 Å². The Morgan fingerprint density at radius 3 is 2.71 bits per heavy atom. The van der Waals surface area contributed by atoms with Crippen molar-refractivity contribution in [2.45, 2.75) is 19.0 Å². The van der Waals surface area contributed by atoms with Crippen LogP contribution in [0.3, 0.4) is 0 Å². The number of benzene rings is 1. The van der Waals surface area contributed by atoms with E-state index in [-0.39, 0.29) is 11.5 Å². The molecule has 0 aliphatic carbocycles. The van der Waals surface area contributed by atoms with Gasteiger partial charge in [0, 0.05) is 43.0 Å². The number of hydrogen-bond acceptors (Lipinski definition) is 5. The maximum atomic E-state index is 13.9. The number of aryl methyl sites for hydroxylation is 1. The molecule has 0 bridgehead atoms. The molecule has 9 heteroatoms. The van der Waals surface area contributed by atoms with Crippen molar-refractivity contribution in [2.75, 3.05) is 32.0 Å². The van der Waals surface area contributed by atoms with Gasteiger partial charge in [0.1, 0.15) is 11.7 Å². The minimum absolute atomic E-state index is 0.0569. The summed E-state index contributed by atoms with van der Waals surface area (Å²) in [7, 11) is 3.82. The van der Waals surface area contributed by atoms with Gasteiger partial charge < -0.3 is 14.8 Å². The zero-order chi connectivity index (χ0) is 22.2. The summed E-state index contributed by atoms with van der Waals surface area (Å²) in [6, 6.07) is 7.78. The lowest BCUT2D eigenvalue weighted by Crippen LogP contribution is -2.17. The van der Waals surface area contributed by atoms with Crippen LogP contribution in [0, 0.1) is 17.2 Å². The van der Waals surface area contributed by atoms with Gasteiger partial charge in [0.15, 0.2) is 0 Å². The van der Waals surface area contributed by atoms with Crippen molar-refractivity contribution in [3.63, 3.8) is 0 Å². The van der Waals surface area contributed by atoms with E-state index in [1.165, 1.54) is 6.07 Å². The molecule has 1 unspecified atom stereocenters. The Bertz CT molecular complexity index is 1140. The van der Waals surface area contributed by atoms with Crippen molar-refractivity contribution in [1.82, 2.24) is 19.4 Å². The molecule has 0 amide bonds. The molecule has 6 nitrogen and oxygen atoms in total. The monoisotopic (exact) mass is 428 g/mol. The highest BCUT2D eigenvalue weighted by molar-refractivity contribution is 5.91. The molecule has 2 aromatic heterocycles. The fourth-order valence-corrected chi connectivity index (χ4v) is 4.16. The second-order valence-corrected chi connectivity index (χ2v) is 8.06. The number of hydrogen-bond donors (Lipinski definition) is 1. The van der Waals surface area contributed by atoms with Crippen LogP contribution in [0.25, 0.3) is 22.3 Å². The van der Waals surface area contributed by atoms with Crippen molar-refractivity contribution < 1.29 is 13.2 Å². The quantitative estimate of drug-likeness (QED) is 0.657. The van der Waals surface area contributed by atoms with Gasteiger partial charge in [0.2, 0.25) is 5.82 Å². The predicted octanol–water partition coefficient (Wildman–Crippen LogP) is 4.28. The molecule has 1 atom stereocenters. The summed E-state index contributed by atoms with van der Waals surface area (Å²) in [4.78, 5) is 10.6. The van der Waals surface area contributed by atoms with Gasteiger partial charge in [0.25, 0.3) is 0 Å². The second kappa shape index (κ2) is 8.19. The van der Waals surface area contributed by atoms with Gasteiger partial charge in [-0.2, -0.15) is 18.4 Å². The molecular weight excluding hydrogens is 405 g/mol. The first-order valence-electron chi connectivity index (χ1n) is 10.1. The van der Waals surface area contributed by atoms with Crippen LogP contribution in [0.2, 0.25) is 0 Å². The van der Waals surface area contributed by atoms with Crippen LogP contribution in [0.5, 0.6) is 0 Å². The first kappa shape index (κ1) is 21.1. The maximum Gasteiger partial charge on any atom is 0.418 e. The van der Waals surface area contributed by atoms with Crippen molar-refractivity contribution in [3.05, 3.63) is 41.9 Å². The highest BCUT2D eigenvalue weighted by atomic mass is 19.4. The zero-order valence-electron chi connectivity index (χ0n) is 17.4. The van der Waals surface area contributed by atoms with E-state index in [1.807, 2.05) is 6.07 Å². The number of likely N-dealkylation sites (tertiary alicyclic amines) is 1. The fraction of sp³-hybridized carbons (Fsp3) is 0.409. The third-order valence-electron chi connectivity index (χ3n) is 5.78. The minimum Gasteiger partial charge on any atom is -0.385 e. The normalized spacial score (nSPS) is 17.2. The van der Waals surface area contributed by atoms with E-state index < -0.39 is 11.7 Å². The molecule has 3 heterocycles. The van der Waals surface area contributed by atoms with E-state index in [0.717, 1.165) is 32.0 Å². The number of alkyl halides is 3. The van der Waals surface area contributed by atoms with Crippen molar-refractivity contribution >= 4 is 16.7 Å². The zero-order valence-corrected chi connectivity index (χ0v) is 17.4. The van der Waals surface area contributed by atoms with Crippen LogP contribution in [0.1, 0.15) is 24.2 Å². The standard InChI is InChI=1S/C22H23F3N6/c1-30-9-6-14(13-30)5-8-27-18-4-3-15(11-17(18)22(23,24)25)20-16-7-10-31(2)21(16)29-19(12-26)28-20/h3-4,7,10-11,14,27H,5-6,8-9,13H2,1-2H3. The summed E-state index contributed by atoms with van der Waals surface area (Å²) < 4.78 is 43.3. The lowest BCUT2D eigenvalue weighted by atomic mass is 10.0. The molecule has 1 aromatic carbocycles. The van der Waals surface area contributed by atoms with E-state index in [9.17, 15) is 18.4 Å². The molecule has 1 fully saturated rings. The lowest BCUT2D eigenvalue weighted by molar-refractivity contribution is -0.136. The van der Waals surface area contributed by atoms with Crippen LogP contribution < -0.4 is 5.32 Å². The highest BCUT2D eigenvalue weighted by Crippen LogP contribution is 2.38. The van der Waals surface area contributed by atoms with Crippen molar-refractivity contribution in [3.8, 4) is 17.3 Å². The molecule has 1 aliphatic rings. The van der Waals surface area contributed by atoms with Crippen LogP contribution >= 0.6 is 0 Å². The average Bonchev–Trinajstić information content (AvgIpc) is 3.32. The smallest absolute Gasteiger partial charge is 0.385 e. The summed E-state index contributed by atoms with van der Waals surface area (Å²) in [6.45, 7) is 2.50. The number of nitrogens with zero attached hydrogens (tertiary/aromatic N) is 5. The molecule has 1 aliphatic heterocycles. The number of aromatic nitrogens is 3. The van der Waals surface area contributed by atoms with E-state index in [2.05, 4.69) is 27.2 Å². The molecule has 3 aromatic rings. The molecule has 4 rings (SSSR count). The lowest BCUT2D eigenvalue weighted by Gasteiger charge is -2.17. The van der Waals surface area contributed by atoms with Gasteiger partial charge in [-0.05, 0) is 50.6 Å². The van der Waals surface area contributed by atoms with E-state index in [0.29, 0.717) is 34.8 Å². The number of halogens is 3. The van der Waals surface area contributed by atoms with Gasteiger partial charge >= 0.3 is 6.18 Å². The molecule has 0 spiro atoms. The van der Waals surface area contributed by atoms with Gasteiger partial charge in [-0.25, -0.2) is 9.97 Å². The Morgan fingerprint density at radius 2 is 2.03 bits per heavy atom. The second-order valence-electron chi connectivity index (χ2n) is 8.06.